The van der Waals surface area contributed by atoms with Gasteiger partial charge in [0.05, 0.1) is 19.2 Å². The Bertz CT molecular complexity index is 1050. The molecule has 0 unspecified atom stereocenters. The first-order valence-corrected chi connectivity index (χ1v) is 11.2. The van der Waals surface area contributed by atoms with Crippen molar-refractivity contribution >= 4 is 5.91 Å². The van der Waals surface area contributed by atoms with Gasteiger partial charge in [-0.2, -0.15) is 5.10 Å². The predicted octanol–water partition coefficient (Wildman–Crippen LogP) is 4.21. The van der Waals surface area contributed by atoms with Gasteiger partial charge in [-0.25, -0.2) is 0 Å². The molecule has 0 bridgehead atoms. The topological polar surface area (TPSA) is 59.4 Å². The molecule has 0 radical (unpaired) electrons. The molecule has 0 aliphatic heterocycles. The average molecular weight is 433 g/mol. The molecule has 3 aromatic rings. The van der Waals surface area contributed by atoms with Gasteiger partial charge in [-0.3, -0.25) is 9.48 Å². The average Bonchev–Trinajstić information content (AvgIpc) is 3.46. The Kier molecular flexibility index (Phi) is 6.61. The summed E-state index contributed by atoms with van der Waals surface area (Å²) >= 11 is 0. The third-order valence-electron chi connectivity index (χ3n) is 6.60. The number of nitrogens with one attached hydrogen (secondary N) is 1. The molecule has 6 nitrogen and oxygen atoms in total. The molecule has 1 aromatic heterocycles. The molecule has 32 heavy (non-hydrogen) atoms. The standard InChI is InChI=1S/C26H32N4O2/c1-29(2)26(14-7-8-15-26)19-27-25(31)23-18-30(17-20-10-5-4-6-11-20)28-24(23)21-12-9-13-22(16-21)32-3/h4-6,9-13,16,18H,7-8,14-15,17,19H2,1-3H3,(H,27,31). The molecule has 2 aromatic carbocycles. The normalized spacial score (nSPS) is 15.1. The van der Waals surface area contributed by atoms with E-state index < -0.39 is 0 Å². The SMILES string of the molecule is COc1cccc(-c2nn(Cc3ccccc3)cc2C(=O)NCC2(N(C)C)CCCC2)c1. The summed E-state index contributed by atoms with van der Waals surface area (Å²) in [5.74, 6) is 0.652. The van der Waals surface area contributed by atoms with Crippen molar-refractivity contribution in [2.24, 2.45) is 0 Å². The highest BCUT2D eigenvalue weighted by Gasteiger charge is 2.36. The molecular formula is C26H32N4O2. The van der Waals surface area contributed by atoms with E-state index in [4.69, 9.17) is 9.84 Å². The van der Waals surface area contributed by atoms with E-state index in [1.807, 2.05) is 53.3 Å². The minimum absolute atomic E-state index is 0.0336. The van der Waals surface area contributed by atoms with Gasteiger partial charge < -0.3 is 15.0 Å². The van der Waals surface area contributed by atoms with Crippen LogP contribution in [-0.2, 0) is 6.54 Å². The van der Waals surface area contributed by atoms with Crippen molar-refractivity contribution < 1.29 is 9.53 Å². The molecule has 6 heteroatoms. The molecule has 1 heterocycles. The molecule has 0 atom stereocenters. The Morgan fingerprint density at radius 3 is 2.56 bits per heavy atom. The van der Waals surface area contributed by atoms with E-state index in [1.165, 1.54) is 12.8 Å². The first-order chi connectivity index (χ1) is 15.5. The number of methoxy groups -OCH3 is 1. The van der Waals surface area contributed by atoms with E-state index >= 15 is 0 Å². The lowest BCUT2D eigenvalue weighted by atomic mass is 9.96. The van der Waals surface area contributed by atoms with E-state index in [2.05, 4.69) is 36.4 Å². The first-order valence-electron chi connectivity index (χ1n) is 11.2. The zero-order valence-electron chi connectivity index (χ0n) is 19.2. The van der Waals surface area contributed by atoms with Crippen molar-refractivity contribution in [3.8, 4) is 17.0 Å². The fourth-order valence-corrected chi connectivity index (χ4v) is 4.58. The Morgan fingerprint density at radius 1 is 1.12 bits per heavy atom. The number of likely N-dealkylation sites (N-methyl/N-ethyl adjacent to an activating group) is 1. The van der Waals surface area contributed by atoms with Crippen molar-refractivity contribution in [3.05, 3.63) is 71.9 Å². The number of hydrogen-bond acceptors (Lipinski definition) is 4. The van der Waals surface area contributed by atoms with Crippen LogP contribution in [0.15, 0.2) is 60.8 Å². The van der Waals surface area contributed by atoms with Crippen LogP contribution in [0.5, 0.6) is 5.75 Å². The zero-order chi connectivity index (χ0) is 22.6. The van der Waals surface area contributed by atoms with Crippen LogP contribution < -0.4 is 10.1 Å². The summed E-state index contributed by atoms with van der Waals surface area (Å²) in [5.41, 5.74) is 3.29. The zero-order valence-corrected chi connectivity index (χ0v) is 19.2. The number of carbonyl (C=O) groups is 1. The molecule has 1 N–H and O–H groups in total. The molecule has 0 spiro atoms. The van der Waals surface area contributed by atoms with E-state index in [0.29, 0.717) is 24.3 Å². The van der Waals surface area contributed by atoms with Crippen LogP contribution in [0.3, 0.4) is 0 Å². The van der Waals surface area contributed by atoms with Gasteiger partial charge in [-0.05, 0) is 44.6 Å². The maximum Gasteiger partial charge on any atom is 0.255 e. The summed E-state index contributed by atoms with van der Waals surface area (Å²) in [5, 5.41) is 8.01. The summed E-state index contributed by atoms with van der Waals surface area (Å²) in [4.78, 5) is 15.6. The molecule has 4 rings (SSSR count). The molecule has 168 valence electrons. The van der Waals surface area contributed by atoms with Gasteiger partial charge in [-0.15, -0.1) is 0 Å². The number of ether oxygens (including phenoxy) is 1. The second kappa shape index (κ2) is 9.57. The fourth-order valence-electron chi connectivity index (χ4n) is 4.58. The van der Waals surface area contributed by atoms with E-state index in [9.17, 15) is 4.79 Å². The van der Waals surface area contributed by atoms with E-state index in [0.717, 1.165) is 29.7 Å². The highest BCUT2D eigenvalue weighted by molar-refractivity contribution is 5.99. The second-order valence-electron chi connectivity index (χ2n) is 8.82. The van der Waals surface area contributed by atoms with Crippen LogP contribution in [0, 0.1) is 0 Å². The van der Waals surface area contributed by atoms with Crippen LogP contribution >= 0.6 is 0 Å². The van der Waals surface area contributed by atoms with Crippen LogP contribution in [0.2, 0.25) is 0 Å². The van der Waals surface area contributed by atoms with Gasteiger partial charge in [0.2, 0.25) is 0 Å². The number of benzene rings is 2. The quantitative estimate of drug-likeness (QED) is 0.579. The number of amides is 1. The van der Waals surface area contributed by atoms with Crippen molar-refractivity contribution in [3.63, 3.8) is 0 Å². The van der Waals surface area contributed by atoms with E-state index in [-0.39, 0.29) is 11.4 Å². The Hall–Kier alpha value is -3.12. The summed E-state index contributed by atoms with van der Waals surface area (Å²) < 4.78 is 7.24. The maximum atomic E-state index is 13.4. The lowest BCUT2D eigenvalue weighted by Crippen LogP contribution is -2.50. The van der Waals surface area contributed by atoms with Crippen LogP contribution in [0.4, 0.5) is 0 Å². The molecular weight excluding hydrogens is 400 g/mol. The van der Waals surface area contributed by atoms with Crippen LogP contribution in [0.1, 0.15) is 41.6 Å². The molecule has 1 aliphatic carbocycles. The summed E-state index contributed by atoms with van der Waals surface area (Å²) in [6.45, 7) is 1.24. The first kappa shape index (κ1) is 22.1. The highest BCUT2D eigenvalue weighted by atomic mass is 16.5. The molecule has 1 saturated carbocycles. The van der Waals surface area contributed by atoms with Crippen molar-refractivity contribution in [2.45, 2.75) is 37.8 Å². The lowest BCUT2D eigenvalue weighted by molar-refractivity contribution is 0.0900. The van der Waals surface area contributed by atoms with E-state index in [1.54, 1.807) is 7.11 Å². The van der Waals surface area contributed by atoms with Gasteiger partial charge in [0.15, 0.2) is 0 Å². The molecule has 1 aliphatic rings. The number of rotatable bonds is 8. The number of carbonyl (C=O) groups excluding carboxylic acids is 1. The predicted molar refractivity (Wildman–Crippen MR) is 127 cm³/mol. The van der Waals surface area contributed by atoms with Gasteiger partial charge in [0.1, 0.15) is 11.4 Å². The van der Waals surface area contributed by atoms with Crippen molar-refractivity contribution in [1.29, 1.82) is 0 Å². The summed E-state index contributed by atoms with van der Waals surface area (Å²) in [7, 11) is 5.86. The maximum absolute atomic E-state index is 13.4. The largest absolute Gasteiger partial charge is 0.497 e. The molecule has 1 fully saturated rings. The lowest BCUT2D eigenvalue weighted by Gasteiger charge is -2.36. The van der Waals surface area contributed by atoms with Crippen molar-refractivity contribution in [1.82, 2.24) is 20.0 Å². The van der Waals surface area contributed by atoms with Gasteiger partial charge >= 0.3 is 0 Å². The van der Waals surface area contributed by atoms with Crippen LogP contribution in [-0.4, -0.2) is 53.9 Å². The van der Waals surface area contributed by atoms with Crippen molar-refractivity contribution in [2.75, 3.05) is 27.7 Å². The smallest absolute Gasteiger partial charge is 0.255 e. The molecule has 0 saturated heterocycles. The van der Waals surface area contributed by atoms with Gasteiger partial charge in [0, 0.05) is 23.8 Å². The third-order valence-corrected chi connectivity index (χ3v) is 6.60. The van der Waals surface area contributed by atoms with Crippen LogP contribution in [0.25, 0.3) is 11.3 Å². The Morgan fingerprint density at radius 2 is 1.88 bits per heavy atom. The summed E-state index contributed by atoms with van der Waals surface area (Å²) in [6, 6.07) is 17.8. The van der Waals surface area contributed by atoms with Gasteiger partial charge in [-0.1, -0.05) is 55.3 Å². The molecule has 1 amide bonds. The third kappa shape index (κ3) is 4.70. The minimum Gasteiger partial charge on any atom is -0.497 e. The Labute approximate surface area is 190 Å². The second-order valence-corrected chi connectivity index (χ2v) is 8.82. The summed E-state index contributed by atoms with van der Waals surface area (Å²) in [6.07, 6.45) is 6.48. The number of hydrogen-bond donors (Lipinski definition) is 1. The minimum atomic E-state index is -0.0877. The van der Waals surface area contributed by atoms with Gasteiger partial charge in [0.25, 0.3) is 5.91 Å². The Balaban J connectivity index is 1.63. The fraction of sp³-hybridized carbons (Fsp3) is 0.385. The monoisotopic (exact) mass is 432 g/mol. The number of nitrogens with zero attached hydrogens (tertiary/aromatic N) is 3. The number of aromatic nitrogens is 2. The highest BCUT2D eigenvalue weighted by Crippen LogP contribution is 2.33.